The molecular formula is C17H16FNO. The fourth-order valence-corrected chi connectivity index (χ4v) is 1.81. The second-order valence-electron chi connectivity index (χ2n) is 4.67. The van der Waals surface area contributed by atoms with Crippen LogP contribution in [0, 0.1) is 0 Å². The first-order valence-electron chi connectivity index (χ1n) is 6.32. The number of allylic oxidation sites excluding steroid dienone is 1. The fourth-order valence-electron chi connectivity index (χ4n) is 1.81. The lowest BCUT2D eigenvalue weighted by atomic mass is 10.1. The number of Topliss-reactive ketones (excluding diaryl/α,β-unsaturated/α-hetero) is 1. The number of hydrogen-bond acceptors (Lipinski definition) is 2. The van der Waals surface area contributed by atoms with Crippen molar-refractivity contribution in [1.82, 2.24) is 0 Å². The SMILES string of the molecule is CN(C)c1ccc(C(=O)C(F)=Cc2ccccc2)cc1. The first-order valence-corrected chi connectivity index (χ1v) is 6.32. The summed E-state index contributed by atoms with van der Waals surface area (Å²) in [4.78, 5) is 13.9. The van der Waals surface area contributed by atoms with Gasteiger partial charge in [0.25, 0.3) is 0 Å². The third-order valence-corrected chi connectivity index (χ3v) is 2.96. The fraction of sp³-hybridized carbons (Fsp3) is 0.118. The van der Waals surface area contributed by atoms with Gasteiger partial charge in [-0.05, 0) is 35.9 Å². The average molecular weight is 269 g/mol. The standard InChI is InChI=1S/C17H16FNO/c1-19(2)15-10-8-14(9-11-15)17(20)16(18)12-13-6-4-3-5-7-13/h3-12H,1-2H3. The van der Waals surface area contributed by atoms with Gasteiger partial charge in [-0.3, -0.25) is 4.79 Å². The van der Waals surface area contributed by atoms with Crippen LogP contribution in [0.4, 0.5) is 10.1 Å². The minimum Gasteiger partial charge on any atom is -0.378 e. The highest BCUT2D eigenvalue weighted by Gasteiger charge is 2.12. The van der Waals surface area contributed by atoms with Gasteiger partial charge in [0, 0.05) is 25.3 Å². The van der Waals surface area contributed by atoms with Crippen LogP contribution < -0.4 is 4.90 Å². The number of benzene rings is 2. The Labute approximate surface area is 118 Å². The summed E-state index contributed by atoms with van der Waals surface area (Å²) in [7, 11) is 3.82. The van der Waals surface area contributed by atoms with Crippen molar-refractivity contribution in [3.63, 3.8) is 0 Å². The van der Waals surface area contributed by atoms with Gasteiger partial charge in [0.15, 0.2) is 5.83 Å². The highest BCUT2D eigenvalue weighted by Crippen LogP contribution is 2.17. The molecule has 3 heteroatoms. The normalized spacial score (nSPS) is 11.2. The van der Waals surface area contributed by atoms with Crippen molar-refractivity contribution in [3.8, 4) is 0 Å². The summed E-state index contributed by atoms with van der Waals surface area (Å²) in [6.07, 6.45) is 1.25. The van der Waals surface area contributed by atoms with Crippen LogP contribution in [0.25, 0.3) is 6.08 Å². The molecule has 20 heavy (non-hydrogen) atoms. The Morgan fingerprint density at radius 1 is 1.00 bits per heavy atom. The summed E-state index contributed by atoms with van der Waals surface area (Å²) in [6, 6.07) is 15.8. The number of ketones is 1. The molecule has 0 aliphatic carbocycles. The Morgan fingerprint density at radius 2 is 1.60 bits per heavy atom. The van der Waals surface area contributed by atoms with E-state index in [4.69, 9.17) is 0 Å². The maximum atomic E-state index is 13.9. The summed E-state index contributed by atoms with van der Waals surface area (Å²) in [5.74, 6) is -1.35. The van der Waals surface area contributed by atoms with Crippen LogP contribution in [0.2, 0.25) is 0 Å². The molecule has 0 bridgehead atoms. The minimum absolute atomic E-state index is 0.347. The molecule has 0 fully saturated rings. The molecule has 102 valence electrons. The van der Waals surface area contributed by atoms with Crippen molar-refractivity contribution < 1.29 is 9.18 Å². The second-order valence-corrected chi connectivity index (χ2v) is 4.67. The third kappa shape index (κ3) is 3.32. The molecule has 0 N–H and O–H groups in total. The molecule has 0 atom stereocenters. The number of anilines is 1. The first-order chi connectivity index (χ1) is 9.58. The highest BCUT2D eigenvalue weighted by molar-refractivity contribution is 6.09. The lowest BCUT2D eigenvalue weighted by Crippen LogP contribution is -2.09. The monoisotopic (exact) mass is 269 g/mol. The Kier molecular flexibility index (Phi) is 4.31. The molecule has 2 aromatic rings. The molecule has 2 rings (SSSR count). The van der Waals surface area contributed by atoms with E-state index in [-0.39, 0.29) is 0 Å². The van der Waals surface area contributed by atoms with Gasteiger partial charge in [-0.2, -0.15) is 0 Å². The van der Waals surface area contributed by atoms with Gasteiger partial charge in [-0.15, -0.1) is 0 Å². The second kappa shape index (κ2) is 6.15. The zero-order chi connectivity index (χ0) is 14.5. The largest absolute Gasteiger partial charge is 0.378 e. The molecule has 0 spiro atoms. The predicted molar refractivity (Wildman–Crippen MR) is 80.6 cm³/mol. The smallest absolute Gasteiger partial charge is 0.221 e. The van der Waals surface area contributed by atoms with E-state index in [9.17, 15) is 9.18 Å². The van der Waals surface area contributed by atoms with Crippen LogP contribution in [-0.4, -0.2) is 19.9 Å². The van der Waals surface area contributed by atoms with E-state index < -0.39 is 11.6 Å². The Hall–Kier alpha value is -2.42. The molecule has 0 aromatic heterocycles. The molecule has 2 aromatic carbocycles. The number of carbonyl (C=O) groups is 1. The topological polar surface area (TPSA) is 20.3 Å². The highest BCUT2D eigenvalue weighted by atomic mass is 19.1. The van der Waals surface area contributed by atoms with Crippen LogP contribution in [0.5, 0.6) is 0 Å². The summed E-state index contributed by atoms with van der Waals surface area (Å²) >= 11 is 0. The zero-order valence-corrected chi connectivity index (χ0v) is 11.5. The van der Waals surface area contributed by atoms with E-state index >= 15 is 0 Å². The molecule has 0 aliphatic rings. The van der Waals surface area contributed by atoms with E-state index in [2.05, 4.69) is 0 Å². The van der Waals surface area contributed by atoms with Crippen LogP contribution in [0.1, 0.15) is 15.9 Å². The molecular weight excluding hydrogens is 253 g/mol. The number of halogens is 1. The Bertz CT molecular complexity index is 615. The summed E-state index contributed by atoms with van der Waals surface area (Å²) in [5.41, 5.74) is 1.98. The molecule has 0 saturated heterocycles. The van der Waals surface area contributed by atoms with Gasteiger partial charge in [-0.1, -0.05) is 30.3 Å². The molecule has 0 amide bonds. The number of hydrogen-bond donors (Lipinski definition) is 0. The van der Waals surface area contributed by atoms with Gasteiger partial charge >= 0.3 is 0 Å². The molecule has 0 saturated carbocycles. The summed E-state index contributed by atoms with van der Waals surface area (Å²) in [6.45, 7) is 0. The van der Waals surface area contributed by atoms with Gasteiger partial charge < -0.3 is 4.90 Å². The zero-order valence-electron chi connectivity index (χ0n) is 11.5. The third-order valence-electron chi connectivity index (χ3n) is 2.96. The molecule has 0 radical (unpaired) electrons. The lowest BCUT2D eigenvalue weighted by Gasteiger charge is -2.12. The first kappa shape index (κ1) is 14.0. The van der Waals surface area contributed by atoms with E-state index in [0.29, 0.717) is 11.1 Å². The molecule has 0 heterocycles. The van der Waals surface area contributed by atoms with Crippen molar-refractivity contribution in [2.24, 2.45) is 0 Å². The van der Waals surface area contributed by atoms with Gasteiger partial charge in [0.05, 0.1) is 0 Å². The van der Waals surface area contributed by atoms with Crippen molar-refractivity contribution in [1.29, 1.82) is 0 Å². The van der Waals surface area contributed by atoms with Crippen LogP contribution >= 0.6 is 0 Å². The maximum Gasteiger partial charge on any atom is 0.221 e. The average Bonchev–Trinajstić information content (AvgIpc) is 2.47. The van der Waals surface area contributed by atoms with E-state index in [1.54, 1.807) is 48.5 Å². The van der Waals surface area contributed by atoms with Crippen molar-refractivity contribution >= 4 is 17.5 Å². The number of carbonyl (C=O) groups excluding carboxylic acids is 1. The minimum atomic E-state index is -0.756. The van der Waals surface area contributed by atoms with Gasteiger partial charge in [0.1, 0.15) is 0 Å². The molecule has 0 aliphatic heterocycles. The maximum absolute atomic E-state index is 13.9. The molecule has 0 unspecified atom stereocenters. The lowest BCUT2D eigenvalue weighted by molar-refractivity contribution is 0.101. The number of rotatable bonds is 4. The van der Waals surface area contributed by atoms with Crippen molar-refractivity contribution in [2.45, 2.75) is 0 Å². The van der Waals surface area contributed by atoms with Crippen molar-refractivity contribution in [2.75, 3.05) is 19.0 Å². The molecule has 2 nitrogen and oxygen atoms in total. The van der Waals surface area contributed by atoms with Crippen molar-refractivity contribution in [3.05, 3.63) is 71.6 Å². The van der Waals surface area contributed by atoms with Crippen LogP contribution in [0.3, 0.4) is 0 Å². The van der Waals surface area contributed by atoms with Gasteiger partial charge in [0.2, 0.25) is 5.78 Å². The quantitative estimate of drug-likeness (QED) is 0.619. The van der Waals surface area contributed by atoms with Gasteiger partial charge in [-0.25, -0.2) is 4.39 Å². The van der Waals surface area contributed by atoms with E-state index in [0.717, 1.165) is 5.69 Å². The predicted octanol–water partition coefficient (Wildman–Crippen LogP) is 3.95. The van der Waals surface area contributed by atoms with E-state index in [1.807, 2.05) is 25.1 Å². The van der Waals surface area contributed by atoms with Crippen LogP contribution in [-0.2, 0) is 0 Å². The van der Waals surface area contributed by atoms with Crippen LogP contribution in [0.15, 0.2) is 60.4 Å². The Morgan fingerprint density at radius 3 is 2.15 bits per heavy atom. The summed E-state index contributed by atoms with van der Waals surface area (Å²) in [5, 5.41) is 0. The Balaban J connectivity index is 2.20. The van der Waals surface area contributed by atoms with E-state index in [1.165, 1.54) is 6.08 Å². The summed E-state index contributed by atoms with van der Waals surface area (Å²) < 4.78 is 13.9. The number of nitrogens with zero attached hydrogens (tertiary/aromatic N) is 1.